The van der Waals surface area contributed by atoms with Crippen LogP contribution in [0.15, 0.2) is 34.1 Å². The van der Waals surface area contributed by atoms with Gasteiger partial charge in [0.2, 0.25) is 11.8 Å². The van der Waals surface area contributed by atoms with Gasteiger partial charge in [0, 0.05) is 30.1 Å². The van der Waals surface area contributed by atoms with Crippen molar-refractivity contribution in [2.24, 2.45) is 0 Å². The van der Waals surface area contributed by atoms with Crippen LogP contribution in [-0.2, 0) is 0 Å². The monoisotopic (exact) mass is 386 g/mol. The van der Waals surface area contributed by atoms with Crippen molar-refractivity contribution in [2.45, 2.75) is 39.7 Å². The molecule has 3 heterocycles. The van der Waals surface area contributed by atoms with Gasteiger partial charge in [-0.25, -0.2) is 0 Å². The predicted molar refractivity (Wildman–Crippen MR) is 109 cm³/mol. The van der Waals surface area contributed by atoms with Gasteiger partial charge in [-0.3, -0.25) is 4.79 Å². The molecule has 0 spiro atoms. The van der Waals surface area contributed by atoms with Gasteiger partial charge in [-0.1, -0.05) is 25.2 Å². The van der Waals surface area contributed by atoms with Crippen LogP contribution in [0.1, 0.15) is 49.2 Å². The molecule has 2 aromatic rings. The summed E-state index contributed by atoms with van der Waals surface area (Å²) < 4.78 is 5.81. The van der Waals surface area contributed by atoms with E-state index in [1.165, 1.54) is 11.3 Å². The molecule has 3 rings (SSSR count). The zero-order chi connectivity index (χ0) is 19.2. The van der Waals surface area contributed by atoms with Crippen LogP contribution in [-0.4, -0.2) is 46.7 Å². The van der Waals surface area contributed by atoms with E-state index in [9.17, 15) is 4.79 Å². The maximum Gasteiger partial charge on any atom is 0.264 e. The van der Waals surface area contributed by atoms with Gasteiger partial charge in [-0.15, -0.1) is 21.5 Å². The van der Waals surface area contributed by atoms with Crippen molar-refractivity contribution in [3.63, 3.8) is 0 Å². The van der Waals surface area contributed by atoms with E-state index in [1.54, 1.807) is 0 Å². The zero-order valence-electron chi connectivity index (χ0n) is 16.1. The fraction of sp³-hybridized carbons (Fsp3) is 0.450. The Kier molecular flexibility index (Phi) is 6.58. The summed E-state index contributed by atoms with van der Waals surface area (Å²) in [5.74, 6) is 1.01. The maximum atomic E-state index is 13.0. The van der Waals surface area contributed by atoms with Gasteiger partial charge in [0.25, 0.3) is 5.91 Å². The van der Waals surface area contributed by atoms with Crippen molar-refractivity contribution in [3.05, 3.63) is 40.4 Å². The largest absolute Gasteiger partial charge is 0.416 e. The molecule has 1 aliphatic heterocycles. The third-order valence-electron chi connectivity index (χ3n) is 4.59. The van der Waals surface area contributed by atoms with Crippen LogP contribution in [0.5, 0.6) is 0 Å². The molecule has 1 atom stereocenters. The summed E-state index contributed by atoms with van der Waals surface area (Å²) in [5.41, 5.74) is 1.67. The van der Waals surface area contributed by atoms with Crippen molar-refractivity contribution in [3.8, 4) is 11.5 Å². The summed E-state index contributed by atoms with van der Waals surface area (Å²) in [7, 11) is 0. The van der Waals surface area contributed by atoms with Gasteiger partial charge < -0.3 is 14.6 Å². The maximum absolute atomic E-state index is 13.0. The van der Waals surface area contributed by atoms with Crippen molar-refractivity contribution >= 4 is 22.8 Å². The van der Waals surface area contributed by atoms with E-state index in [2.05, 4.69) is 22.4 Å². The third kappa shape index (κ3) is 4.36. The van der Waals surface area contributed by atoms with Gasteiger partial charge in [0.05, 0.1) is 10.4 Å². The molecule has 0 radical (unpaired) electrons. The number of hydrogen-bond donors (Lipinski definition) is 1. The number of aromatic nitrogens is 2. The highest BCUT2D eigenvalue weighted by atomic mass is 32.1. The van der Waals surface area contributed by atoms with E-state index in [0.29, 0.717) is 16.7 Å². The number of nitrogens with zero attached hydrogens (tertiary/aromatic N) is 3. The second-order valence-electron chi connectivity index (χ2n) is 6.50. The Morgan fingerprint density at radius 2 is 2.30 bits per heavy atom. The van der Waals surface area contributed by atoms with Crippen molar-refractivity contribution in [1.82, 2.24) is 20.4 Å². The molecule has 0 aliphatic carbocycles. The van der Waals surface area contributed by atoms with E-state index in [1.807, 2.05) is 48.4 Å². The molecule has 2 aromatic heterocycles. The lowest BCUT2D eigenvalue weighted by atomic mass is 10.2. The van der Waals surface area contributed by atoms with E-state index >= 15 is 0 Å². The summed E-state index contributed by atoms with van der Waals surface area (Å²) in [6.45, 7) is 8.59. The molecular weight excluding hydrogens is 360 g/mol. The standard InChI is InChI=1S/C20H26N4O2S/c1-4-7-14(6-3)18-22-23-19(26-18)15-11-17(27-13-15)20(25)24(10-5-2)16-8-9-21-12-16/h4,6-7,11,13,16,21H,5,8-10,12H2,1-3H3/b7-4-,14-6+. The van der Waals surface area contributed by atoms with Crippen LogP contribution in [0.4, 0.5) is 0 Å². The first-order valence-electron chi connectivity index (χ1n) is 9.41. The van der Waals surface area contributed by atoms with Crippen LogP contribution in [0.2, 0.25) is 0 Å². The highest BCUT2D eigenvalue weighted by molar-refractivity contribution is 7.12. The molecule has 0 saturated carbocycles. The smallest absolute Gasteiger partial charge is 0.264 e. The van der Waals surface area contributed by atoms with Gasteiger partial charge in [0.15, 0.2) is 0 Å². The molecule has 0 bridgehead atoms. The average molecular weight is 387 g/mol. The fourth-order valence-corrected chi connectivity index (χ4v) is 4.06. The van der Waals surface area contributed by atoms with Crippen molar-refractivity contribution in [1.29, 1.82) is 0 Å². The Morgan fingerprint density at radius 1 is 1.44 bits per heavy atom. The normalized spacial score (nSPS) is 17.7. The molecule has 1 fully saturated rings. The molecule has 144 valence electrons. The summed E-state index contributed by atoms with van der Waals surface area (Å²) in [6, 6.07) is 2.14. The number of allylic oxidation sites excluding steroid dienone is 4. The van der Waals surface area contributed by atoms with Crippen molar-refractivity contribution < 1.29 is 9.21 Å². The van der Waals surface area contributed by atoms with Gasteiger partial charge in [-0.2, -0.15) is 0 Å². The molecule has 1 saturated heterocycles. The lowest BCUT2D eigenvalue weighted by Gasteiger charge is -2.27. The first-order chi connectivity index (χ1) is 13.2. The number of carbonyl (C=O) groups excluding carboxylic acids is 1. The first kappa shape index (κ1) is 19.5. The van der Waals surface area contributed by atoms with Crippen LogP contribution in [0.25, 0.3) is 17.0 Å². The Hall–Kier alpha value is -2.25. The Balaban J connectivity index is 1.79. The van der Waals surface area contributed by atoms with E-state index in [-0.39, 0.29) is 11.9 Å². The van der Waals surface area contributed by atoms with Crippen molar-refractivity contribution in [2.75, 3.05) is 19.6 Å². The molecule has 6 nitrogen and oxygen atoms in total. The Morgan fingerprint density at radius 3 is 2.96 bits per heavy atom. The lowest BCUT2D eigenvalue weighted by molar-refractivity contribution is 0.0697. The predicted octanol–water partition coefficient (Wildman–Crippen LogP) is 3.99. The van der Waals surface area contributed by atoms with Crippen LogP contribution in [0, 0.1) is 0 Å². The van der Waals surface area contributed by atoms with Gasteiger partial charge in [0.1, 0.15) is 0 Å². The minimum absolute atomic E-state index is 0.0876. The van der Waals surface area contributed by atoms with Gasteiger partial charge >= 0.3 is 0 Å². The minimum Gasteiger partial charge on any atom is -0.416 e. The molecule has 7 heteroatoms. The summed E-state index contributed by atoms with van der Waals surface area (Å²) in [4.78, 5) is 15.7. The number of rotatable bonds is 7. The third-order valence-corrected chi connectivity index (χ3v) is 5.51. The lowest BCUT2D eigenvalue weighted by Crippen LogP contribution is -2.41. The highest BCUT2D eigenvalue weighted by Gasteiger charge is 2.28. The Bertz CT molecular complexity index is 831. The number of hydrogen-bond acceptors (Lipinski definition) is 6. The zero-order valence-corrected chi connectivity index (χ0v) is 16.9. The van der Waals surface area contributed by atoms with E-state index in [4.69, 9.17) is 4.42 Å². The van der Waals surface area contributed by atoms with Crippen LogP contribution >= 0.6 is 11.3 Å². The molecule has 1 N–H and O–H groups in total. The molecular formula is C20H26N4O2S. The topological polar surface area (TPSA) is 71.3 Å². The first-order valence-corrected chi connectivity index (χ1v) is 10.3. The summed E-state index contributed by atoms with van der Waals surface area (Å²) in [5, 5.41) is 13.5. The molecule has 1 amide bonds. The number of carbonyl (C=O) groups is 1. The quantitative estimate of drug-likeness (QED) is 0.729. The SMILES string of the molecule is C/C=C\C(=C/C)c1nnc(-c2csc(C(=O)N(CCC)C3CCNC3)c2)o1. The molecule has 27 heavy (non-hydrogen) atoms. The Labute approximate surface area is 164 Å². The second-order valence-corrected chi connectivity index (χ2v) is 7.41. The average Bonchev–Trinajstić information content (AvgIpc) is 3.43. The van der Waals surface area contributed by atoms with E-state index < -0.39 is 0 Å². The second kappa shape index (κ2) is 9.10. The summed E-state index contributed by atoms with van der Waals surface area (Å²) >= 11 is 1.43. The minimum atomic E-state index is 0.0876. The highest BCUT2D eigenvalue weighted by Crippen LogP contribution is 2.28. The molecule has 1 unspecified atom stereocenters. The number of amides is 1. The molecule has 1 aliphatic rings. The summed E-state index contributed by atoms with van der Waals surface area (Å²) in [6.07, 6.45) is 7.75. The van der Waals surface area contributed by atoms with Crippen LogP contribution in [0.3, 0.4) is 0 Å². The van der Waals surface area contributed by atoms with Crippen LogP contribution < -0.4 is 5.32 Å². The van der Waals surface area contributed by atoms with E-state index in [0.717, 1.165) is 43.6 Å². The molecule has 0 aromatic carbocycles. The fourth-order valence-electron chi connectivity index (χ4n) is 3.23. The van der Waals surface area contributed by atoms with Gasteiger partial charge in [-0.05, 0) is 39.3 Å². The number of thiophene rings is 1. The number of nitrogens with one attached hydrogen (secondary N) is 1.